The molecule has 0 spiro atoms. The van der Waals surface area contributed by atoms with E-state index in [0.717, 1.165) is 24.4 Å². The smallest absolute Gasteiger partial charge is 0.138 e. The molecule has 2 aromatic rings. The average Bonchev–Trinajstić information content (AvgIpc) is 2.80. The number of hydrogen-bond donors (Lipinski definition) is 0. The Morgan fingerprint density at radius 2 is 2.17 bits per heavy atom. The fourth-order valence-corrected chi connectivity index (χ4v) is 1.79. The van der Waals surface area contributed by atoms with Crippen molar-refractivity contribution in [3.05, 3.63) is 40.9 Å². The molecule has 18 heavy (non-hydrogen) atoms. The minimum atomic E-state index is 0.467. The number of aromatic nitrogens is 3. The molecule has 2 heterocycles. The first kappa shape index (κ1) is 12.9. The summed E-state index contributed by atoms with van der Waals surface area (Å²) in [5, 5.41) is 4.94. The molecule has 0 atom stereocenters. The number of pyridine rings is 1. The predicted octanol–water partition coefficient (Wildman–Crippen LogP) is 3.09. The molecular formula is C13H16ClN3O. The van der Waals surface area contributed by atoms with Crippen LogP contribution in [0, 0.1) is 0 Å². The Bertz CT molecular complexity index is 507. The highest BCUT2D eigenvalue weighted by molar-refractivity contribution is 6.29. The Hall–Kier alpha value is -1.55. The maximum Gasteiger partial charge on any atom is 0.138 e. The van der Waals surface area contributed by atoms with Gasteiger partial charge in [-0.25, -0.2) is 4.98 Å². The van der Waals surface area contributed by atoms with Crippen molar-refractivity contribution in [2.45, 2.75) is 33.4 Å². The molecule has 0 saturated carbocycles. The van der Waals surface area contributed by atoms with Crippen LogP contribution in [0.1, 0.15) is 25.2 Å². The van der Waals surface area contributed by atoms with Gasteiger partial charge < -0.3 is 4.74 Å². The van der Waals surface area contributed by atoms with Crippen LogP contribution in [-0.2, 0) is 19.6 Å². The van der Waals surface area contributed by atoms with Gasteiger partial charge >= 0.3 is 0 Å². The van der Waals surface area contributed by atoms with Gasteiger partial charge in [-0.15, -0.1) is 0 Å². The van der Waals surface area contributed by atoms with Crippen molar-refractivity contribution in [2.24, 2.45) is 0 Å². The first-order valence-corrected chi connectivity index (χ1v) is 6.40. The van der Waals surface area contributed by atoms with Crippen molar-refractivity contribution in [3.63, 3.8) is 0 Å². The highest BCUT2D eigenvalue weighted by Gasteiger charge is 2.06. The number of ether oxygens (including phenoxy) is 1. The second kappa shape index (κ2) is 5.87. The molecule has 0 saturated heterocycles. The van der Waals surface area contributed by atoms with Crippen LogP contribution in [0.4, 0.5) is 0 Å². The lowest BCUT2D eigenvalue weighted by Crippen LogP contribution is -2.06. The molecular weight excluding hydrogens is 250 g/mol. The standard InChI is InChI=1S/C13H16ClN3O/c1-3-10-7-11(17(4-2)16-10)9-18-12-5-6-13(14)15-8-12/h5-8H,3-4,9H2,1-2H3. The molecule has 0 aliphatic rings. The van der Waals surface area contributed by atoms with E-state index in [1.54, 1.807) is 12.3 Å². The Morgan fingerprint density at radius 3 is 2.78 bits per heavy atom. The monoisotopic (exact) mass is 265 g/mol. The van der Waals surface area contributed by atoms with E-state index in [1.807, 2.05) is 10.7 Å². The van der Waals surface area contributed by atoms with Crippen molar-refractivity contribution in [3.8, 4) is 5.75 Å². The molecule has 0 unspecified atom stereocenters. The molecule has 0 aromatic carbocycles. The Labute approximate surface area is 112 Å². The predicted molar refractivity (Wildman–Crippen MR) is 70.9 cm³/mol. The molecule has 96 valence electrons. The van der Waals surface area contributed by atoms with Crippen LogP contribution >= 0.6 is 11.6 Å². The number of nitrogens with zero attached hydrogens (tertiary/aromatic N) is 3. The Morgan fingerprint density at radius 1 is 1.33 bits per heavy atom. The molecule has 0 amide bonds. The maximum atomic E-state index is 5.72. The lowest BCUT2D eigenvalue weighted by molar-refractivity contribution is 0.291. The van der Waals surface area contributed by atoms with Gasteiger partial charge in [-0.05, 0) is 31.5 Å². The van der Waals surface area contributed by atoms with E-state index < -0.39 is 0 Å². The lowest BCUT2D eigenvalue weighted by Gasteiger charge is -2.07. The van der Waals surface area contributed by atoms with Crippen LogP contribution in [0.5, 0.6) is 5.75 Å². The molecule has 0 fully saturated rings. The largest absolute Gasteiger partial charge is 0.486 e. The van der Waals surface area contributed by atoms with Gasteiger partial charge in [0, 0.05) is 6.54 Å². The quantitative estimate of drug-likeness (QED) is 0.780. The zero-order valence-electron chi connectivity index (χ0n) is 10.6. The zero-order chi connectivity index (χ0) is 13.0. The molecule has 5 heteroatoms. The van der Waals surface area contributed by atoms with Crippen LogP contribution in [0.15, 0.2) is 24.4 Å². The third kappa shape index (κ3) is 3.01. The molecule has 0 aliphatic heterocycles. The van der Waals surface area contributed by atoms with Gasteiger partial charge in [0.1, 0.15) is 17.5 Å². The first-order chi connectivity index (χ1) is 8.72. The van der Waals surface area contributed by atoms with Gasteiger partial charge in [0.15, 0.2) is 0 Å². The van der Waals surface area contributed by atoms with Gasteiger partial charge in [-0.2, -0.15) is 5.10 Å². The van der Waals surface area contributed by atoms with E-state index in [-0.39, 0.29) is 0 Å². The normalized spacial score (nSPS) is 10.6. The van der Waals surface area contributed by atoms with Gasteiger partial charge in [0.25, 0.3) is 0 Å². The number of rotatable bonds is 5. The second-order valence-corrected chi connectivity index (χ2v) is 4.29. The summed E-state index contributed by atoms with van der Waals surface area (Å²) in [7, 11) is 0. The van der Waals surface area contributed by atoms with Crippen LogP contribution in [0.2, 0.25) is 5.15 Å². The minimum absolute atomic E-state index is 0.467. The number of hydrogen-bond acceptors (Lipinski definition) is 3. The van der Waals surface area contributed by atoms with Crippen LogP contribution in [-0.4, -0.2) is 14.8 Å². The highest BCUT2D eigenvalue weighted by Crippen LogP contribution is 2.14. The Kier molecular flexibility index (Phi) is 4.20. The fourth-order valence-electron chi connectivity index (χ4n) is 1.68. The Balaban J connectivity index is 2.05. The summed E-state index contributed by atoms with van der Waals surface area (Å²) < 4.78 is 7.63. The minimum Gasteiger partial charge on any atom is -0.486 e. The SMILES string of the molecule is CCc1cc(COc2ccc(Cl)nc2)n(CC)n1. The van der Waals surface area contributed by atoms with Crippen LogP contribution < -0.4 is 4.74 Å². The molecule has 0 aliphatic carbocycles. The molecule has 4 nitrogen and oxygen atoms in total. The molecule has 0 radical (unpaired) electrons. The zero-order valence-corrected chi connectivity index (χ0v) is 11.3. The van der Waals surface area contributed by atoms with E-state index in [2.05, 4.69) is 30.0 Å². The molecule has 0 bridgehead atoms. The third-order valence-electron chi connectivity index (χ3n) is 2.66. The van der Waals surface area contributed by atoms with Gasteiger partial charge in [-0.1, -0.05) is 18.5 Å². The maximum absolute atomic E-state index is 5.72. The van der Waals surface area contributed by atoms with Crippen molar-refractivity contribution >= 4 is 11.6 Å². The van der Waals surface area contributed by atoms with E-state index in [1.165, 1.54) is 0 Å². The van der Waals surface area contributed by atoms with Crippen molar-refractivity contribution in [2.75, 3.05) is 0 Å². The summed E-state index contributed by atoms with van der Waals surface area (Å²) in [6, 6.07) is 5.60. The number of aryl methyl sites for hydroxylation is 2. The fraction of sp³-hybridized carbons (Fsp3) is 0.385. The van der Waals surface area contributed by atoms with Gasteiger partial charge in [0.05, 0.1) is 17.6 Å². The van der Waals surface area contributed by atoms with Gasteiger partial charge in [-0.3, -0.25) is 4.68 Å². The summed E-state index contributed by atoms with van der Waals surface area (Å²) in [5.74, 6) is 0.710. The van der Waals surface area contributed by atoms with E-state index in [4.69, 9.17) is 16.3 Å². The summed E-state index contributed by atoms with van der Waals surface area (Å²) in [4.78, 5) is 3.97. The first-order valence-electron chi connectivity index (χ1n) is 6.03. The summed E-state index contributed by atoms with van der Waals surface area (Å²) in [5.41, 5.74) is 2.16. The highest BCUT2D eigenvalue weighted by atomic mass is 35.5. The topological polar surface area (TPSA) is 39.9 Å². The van der Waals surface area contributed by atoms with Crippen LogP contribution in [0.3, 0.4) is 0 Å². The van der Waals surface area contributed by atoms with Crippen LogP contribution in [0.25, 0.3) is 0 Å². The van der Waals surface area contributed by atoms with Gasteiger partial charge in [0.2, 0.25) is 0 Å². The third-order valence-corrected chi connectivity index (χ3v) is 2.89. The summed E-state index contributed by atoms with van der Waals surface area (Å²) in [6.45, 7) is 5.50. The van der Waals surface area contributed by atoms with Crippen molar-refractivity contribution in [1.82, 2.24) is 14.8 Å². The van der Waals surface area contributed by atoms with Crippen molar-refractivity contribution in [1.29, 1.82) is 0 Å². The number of halogens is 1. The van der Waals surface area contributed by atoms with E-state index in [9.17, 15) is 0 Å². The summed E-state index contributed by atoms with van der Waals surface area (Å²) >= 11 is 5.72. The molecule has 2 aromatic heterocycles. The lowest BCUT2D eigenvalue weighted by atomic mass is 10.3. The molecule has 2 rings (SSSR count). The second-order valence-electron chi connectivity index (χ2n) is 3.90. The summed E-state index contributed by atoms with van der Waals surface area (Å²) in [6.07, 6.45) is 2.55. The molecule has 0 N–H and O–H groups in total. The van der Waals surface area contributed by atoms with E-state index >= 15 is 0 Å². The van der Waals surface area contributed by atoms with Crippen molar-refractivity contribution < 1.29 is 4.74 Å². The van der Waals surface area contributed by atoms with E-state index in [0.29, 0.717) is 17.5 Å². The average molecular weight is 266 g/mol.